The normalized spacial score (nSPS) is 11.3. The minimum atomic E-state index is 0.503. The Labute approximate surface area is 263 Å². The van der Waals surface area contributed by atoms with Crippen LogP contribution in [0, 0.1) is 48.1 Å². The predicted molar refractivity (Wildman–Crippen MR) is 185 cm³/mol. The van der Waals surface area contributed by atoms with Crippen molar-refractivity contribution in [3.8, 4) is 39.3 Å². The first kappa shape index (κ1) is 28.2. The number of benzene rings is 5. The van der Waals surface area contributed by atoms with Crippen molar-refractivity contribution in [3.63, 3.8) is 0 Å². The van der Waals surface area contributed by atoms with Crippen molar-refractivity contribution in [1.82, 2.24) is 19.5 Å². The van der Waals surface area contributed by atoms with E-state index in [1.807, 2.05) is 26.0 Å². The molecule has 0 saturated heterocycles. The van der Waals surface area contributed by atoms with Gasteiger partial charge in [0, 0.05) is 22.0 Å². The van der Waals surface area contributed by atoms with Gasteiger partial charge in [-0.2, -0.15) is 0 Å². The van der Waals surface area contributed by atoms with Crippen molar-refractivity contribution in [2.75, 3.05) is 0 Å². The predicted octanol–water partition coefficient (Wildman–Crippen LogP) is 10.4. The Morgan fingerprint density at radius 1 is 0.511 bits per heavy atom. The minimum absolute atomic E-state index is 0.503. The average Bonchev–Trinajstić information content (AvgIpc) is 3.32. The summed E-state index contributed by atoms with van der Waals surface area (Å²) in [5.74, 6) is 1.80. The maximum Gasteiger partial charge on any atom is 0.200 e. The second-order valence-corrected chi connectivity index (χ2v) is 12.1. The molecule has 0 bridgehead atoms. The molecule has 0 aliphatic rings. The number of hydrogen-bond acceptors (Lipinski definition) is 3. The Morgan fingerprint density at radius 2 is 1.00 bits per heavy atom. The first-order valence-corrected chi connectivity index (χ1v) is 15.1. The van der Waals surface area contributed by atoms with Crippen LogP contribution in [0.1, 0.15) is 33.9 Å². The molecule has 2 heterocycles. The summed E-state index contributed by atoms with van der Waals surface area (Å²) in [6, 6.07) is 32.8. The second kappa shape index (κ2) is 10.8. The molecule has 0 unspecified atom stereocenters. The van der Waals surface area contributed by atoms with Crippen LogP contribution in [0.5, 0.6) is 0 Å². The zero-order valence-corrected chi connectivity index (χ0v) is 26.4. The lowest BCUT2D eigenvalue weighted by atomic mass is 9.98. The maximum absolute atomic E-state index is 8.11. The van der Waals surface area contributed by atoms with Crippen LogP contribution in [-0.2, 0) is 0 Å². The van der Waals surface area contributed by atoms with E-state index in [2.05, 4.69) is 131 Å². The fourth-order valence-corrected chi connectivity index (χ4v) is 6.62. The summed E-state index contributed by atoms with van der Waals surface area (Å²) in [4.78, 5) is 17.4. The van der Waals surface area contributed by atoms with Gasteiger partial charge >= 0.3 is 0 Å². The number of aryl methyl sites for hydroxylation is 6. The smallest absolute Gasteiger partial charge is 0.200 e. The van der Waals surface area contributed by atoms with Crippen molar-refractivity contribution in [3.05, 3.63) is 136 Å². The summed E-state index contributed by atoms with van der Waals surface area (Å²) in [7, 11) is 0. The van der Waals surface area contributed by atoms with Gasteiger partial charge in [-0.25, -0.2) is 19.8 Å². The zero-order chi connectivity index (χ0) is 31.4. The monoisotopic (exact) mass is 583 g/mol. The Kier molecular flexibility index (Phi) is 6.79. The molecule has 5 heteroatoms. The molecule has 5 nitrogen and oxygen atoms in total. The van der Waals surface area contributed by atoms with Gasteiger partial charge in [-0.15, -0.1) is 0 Å². The van der Waals surface area contributed by atoms with Crippen LogP contribution in [0.2, 0.25) is 0 Å². The third-order valence-corrected chi connectivity index (χ3v) is 8.34. The second-order valence-electron chi connectivity index (χ2n) is 12.1. The molecule has 2 aromatic heterocycles. The number of fused-ring (bicyclic) bond motifs is 3. The first-order valence-electron chi connectivity index (χ1n) is 15.1. The number of hydrogen-bond donors (Lipinski definition) is 0. The Balaban J connectivity index is 1.51. The van der Waals surface area contributed by atoms with Crippen molar-refractivity contribution >= 4 is 27.5 Å². The highest BCUT2D eigenvalue weighted by molar-refractivity contribution is 6.11. The van der Waals surface area contributed by atoms with Crippen molar-refractivity contribution < 1.29 is 0 Å². The standard InChI is InChI=1S/C40H33N5/c1-23-14-24(2)17-31(16-23)29-8-11-34-35-12-9-30(32-18-25(3)15-26(4)19-32)21-39(35)45(38(34)20-29)33-10-13-36(37(22-33)41-7)40-43-27(5)42-28(6)44-40/h8-22H,1-6H3. The van der Waals surface area contributed by atoms with Gasteiger partial charge in [-0.05, 0) is 88.1 Å². The van der Waals surface area contributed by atoms with E-state index in [9.17, 15) is 0 Å². The van der Waals surface area contributed by atoms with Crippen molar-refractivity contribution in [2.45, 2.75) is 41.5 Å². The molecule has 0 aliphatic heterocycles. The fourth-order valence-electron chi connectivity index (χ4n) is 6.62. The summed E-state index contributed by atoms with van der Waals surface area (Å²) in [5, 5.41) is 2.34. The van der Waals surface area contributed by atoms with Gasteiger partial charge in [0.15, 0.2) is 11.5 Å². The Hall–Kier alpha value is -5.60. The van der Waals surface area contributed by atoms with Crippen LogP contribution in [0.3, 0.4) is 0 Å². The van der Waals surface area contributed by atoms with Gasteiger partial charge in [0.25, 0.3) is 0 Å². The van der Waals surface area contributed by atoms with E-state index in [0.717, 1.165) is 27.8 Å². The molecule has 7 rings (SSSR count). The van der Waals surface area contributed by atoms with Crippen LogP contribution in [-0.4, -0.2) is 19.5 Å². The third-order valence-electron chi connectivity index (χ3n) is 8.34. The molecule has 0 saturated carbocycles. The summed E-state index contributed by atoms with van der Waals surface area (Å²) in [5.41, 5.74) is 14.0. The molecular weight excluding hydrogens is 550 g/mol. The van der Waals surface area contributed by atoms with E-state index >= 15 is 0 Å². The van der Waals surface area contributed by atoms with Crippen LogP contribution >= 0.6 is 0 Å². The SMILES string of the molecule is [C-]#[N+]c1cc(-n2c3cc(-c4cc(C)cc(C)c4)ccc3c3ccc(-c4cc(C)cc(C)c4)cc32)ccc1-c1nc(C)nc(C)n1. The lowest BCUT2D eigenvalue weighted by molar-refractivity contribution is 0.929. The molecule has 0 N–H and O–H groups in total. The number of nitrogens with zero attached hydrogens (tertiary/aromatic N) is 5. The molecule has 0 fully saturated rings. The molecule has 0 radical (unpaired) electrons. The van der Waals surface area contributed by atoms with E-state index in [0.29, 0.717) is 28.7 Å². The topological polar surface area (TPSA) is 48.0 Å². The average molecular weight is 584 g/mol. The maximum atomic E-state index is 8.11. The number of aromatic nitrogens is 4. The molecule has 0 spiro atoms. The molecule has 7 aromatic rings. The fraction of sp³-hybridized carbons (Fsp3) is 0.150. The van der Waals surface area contributed by atoms with Gasteiger partial charge in [-0.1, -0.05) is 89.0 Å². The van der Waals surface area contributed by atoms with Crippen molar-refractivity contribution in [2.24, 2.45) is 0 Å². The van der Waals surface area contributed by atoms with Gasteiger partial charge < -0.3 is 4.57 Å². The lowest BCUT2D eigenvalue weighted by Gasteiger charge is -2.13. The van der Waals surface area contributed by atoms with Crippen molar-refractivity contribution in [1.29, 1.82) is 0 Å². The highest BCUT2D eigenvalue weighted by Crippen LogP contribution is 2.39. The first-order chi connectivity index (χ1) is 21.7. The largest absolute Gasteiger partial charge is 0.310 e. The summed E-state index contributed by atoms with van der Waals surface area (Å²) in [6.07, 6.45) is 0. The third kappa shape index (κ3) is 5.15. The molecule has 45 heavy (non-hydrogen) atoms. The van der Waals surface area contributed by atoms with E-state index in [4.69, 9.17) is 6.57 Å². The van der Waals surface area contributed by atoms with E-state index < -0.39 is 0 Å². The summed E-state index contributed by atoms with van der Waals surface area (Å²) < 4.78 is 2.30. The van der Waals surface area contributed by atoms with Crippen LogP contribution in [0.15, 0.2) is 91.0 Å². The molecule has 218 valence electrons. The Bertz CT molecular complexity index is 2180. The van der Waals surface area contributed by atoms with Gasteiger partial charge in [0.05, 0.1) is 17.6 Å². The number of rotatable bonds is 4. The highest BCUT2D eigenvalue weighted by atomic mass is 15.0. The summed E-state index contributed by atoms with van der Waals surface area (Å²) in [6.45, 7) is 20.4. The Morgan fingerprint density at radius 3 is 1.47 bits per heavy atom. The van der Waals surface area contributed by atoms with Gasteiger partial charge in [0.2, 0.25) is 0 Å². The van der Waals surface area contributed by atoms with Crippen LogP contribution in [0.4, 0.5) is 5.69 Å². The molecule has 0 atom stereocenters. The zero-order valence-electron chi connectivity index (χ0n) is 26.4. The van der Waals surface area contributed by atoms with E-state index in [1.165, 1.54) is 44.2 Å². The molecule has 0 aliphatic carbocycles. The summed E-state index contributed by atoms with van der Waals surface area (Å²) >= 11 is 0. The molecular formula is C40H33N5. The lowest BCUT2D eigenvalue weighted by Crippen LogP contribution is -2.00. The van der Waals surface area contributed by atoms with Gasteiger partial charge in [0.1, 0.15) is 11.6 Å². The quantitative estimate of drug-likeness (QED) is 0.194. The minimum Gasteiger partial charge on any atom is -0.310 e. The van der Waals surface area contributed by atoms with E-state index in [-0.39, 0.29) is 0 Å². The van der Waals surface area contributed by atoms with Crippen LogP contribution < -0.4 is 0 Å². The van der Waals surface area contributed by atoms with Crippen LogP contribution in [0.25, 0.3) is 66.0 Å². The van der Waals surface area contributed by atoms with Gasteiger partial charge in [-0.3, -0.25) is 0 Å². The molecule has 0 amide bonds. The van der Waals surface area contributed by atoms with E-state index in [1.54, 1.807) is 0 Å². The molecule has 5 aromatic carbocycles. The highest BCUT2D eigenvalue weighted by Gasteiger charge is 2.18.